The molecular formula is C15H29FN2O2. The number of hydrogen-bond acceptors (Lipinski definition) is 3. The van der Waals surface area contributed by atoms with Crippen LogP contribution < -0.4 is 5.32 Å². The Labute approximate surface area is 122 Å². The highest BCUT2D eigenvalue weighted by atomic mass is 19.1. The second kappa shape index (κ2) is 6.74. The van der Waals surface area contributed by atoms with Gasteiger partial charge in [0.25, 0.3) is 0 Å². The average molecular weight is 288 g/mol. The molecule has 4 nitrogen and oxygen atoms in total. The number of amides is 1. The van der Waals surface area contributed by atoms with Crippen molar-refractivity contribution >= 4 is 6.09 Å². The van der Waals surface area contributed by atoms with Gasteiger partial charge in [-0.05, 0) is 66.5 Å². The molecule has 0 bridgehead atoms. The third-order valence-corrected chi connectivity index (χ3v) is 3.86. The van der Waals surface area contributed by atoms with Crippen molar-refractivity contribution in [2.24, 2.45) is 5.92 Å². The number of nitrogens with zero attached hydrogens (tertiary/aromatic N) is 1. The predicted molar refractivity (Wildman–Crippen MR) is 78.6 cm³/mol. The highest BCUT2D eigenvalue weighted by molar-refractivity contribution is 5.68. The number of carbonyl (C=O) groups excluding carboxylic acids is 1. The lowest BCUT2D eigenvalue weighted by Gasteiger charge is -2.38. The lowest BCUT2D eigenvalue weighted by atomic mass is 9.81. The molecule has 5 heteroatoms. The van der Waals surface area contributed by atoms with Gasteiger partial charge in [-0.15, -0.1) is 0 Å². The lowest BCUT2D eigenvalue weighted by molar-refractivity contribution is 0.00264. The molecule has 1 aliphatic rings. The number of piperidine rings is 1. The van der Waals surface area contributed by atoms with E-state index in [1.165, 1.54) is 0 Å². The SMILES string of the molecule is CNCCC(C)(F)C1CCN(C(=O)OC(C)(C)C)CC1. The minimum atomic E-state index is -1.16. The summed E-state index contributed by atoms with van der Waals surface area (Å²) in [5.41, 5.74) is -1.64. The quantitative estimate of drug-likeness (QED) is 0.864. The number of nitrogens with one attached hydrogen (secondary N) is 1. The summed E-state index contributed by atoms with van der Waals surface area (Å²) in [6.45, 7) is 9.09. The Balaban J connectivity index is 2.45. The van der Waals surface area contributed by atoms with Crippen LogP contribution in [0.1, 0.15) is 47.0 Å². The second-order valence-corrected chi connectivity index (χ2v) is 6.87. The van der Waals surface area contributed by atoms with Crippen LogP contribution in [-0.2, 0) is 4.74 Å². The number of halogens is 1. The molecule has 1 amide bonds. The van der Waals surface area contributed by atoms with E-state index in [0.717, 1.165) is 0 Å². The molecule has 1 saturated heterocycles. The molecule has 0 aliphatic carbocycles. The van der Waals surface area contributed by atoms with Gasteiger partial charge in [0.1, 0.15) is 11.3 Å². The van der Waals surface area contributed by atoms with Crippen molar-refractivity contribution in [2.45, 2.75) is 58.2 Å². The molecule has 0 spiro atoms. The highest BCUT2D eigenvalue weighted by Crippen LogP contribution is 2.34. The molecule has 1 rings (SSSR count). The molecule has 0 aromatic heterocycles. The fourth-order valence-electron chi connectivity index (χ4n) is 2.56. The number of likely N-dealkylation sites (tertiary alicyclic amines) is 1. The van der Waals surface area contributed by atoms with E-state index in [-0.39, 0.29) is 12.0 Å². The van der Waals surface area contributed by atoms with Crippen LogP contribution in [0.5, 0.6) is 0 Å². The van der Waals surface area contributed by atoms with E-state index in [9.17, 15) is 9.18 Å². The second-order valence-electron chi connectivity index (χ2n) is 6.87. The van der Waals surface area contributed by atoms with Crippen LogP contribution in [0.2, 0.25) is 0 Å². The highest BCUT2D eigenvalue weighted by Gasteiger charge is 2.37. The van der Waals surface area contributed by atoms with E-state index >= 15 is 0 Å². The molecular weight excluding hydrogens is 259 g/mol. The zero-order valence-corrected chi connectivity index (χ0v) is 13.5. The van der Waals surface area contributed by atoms with Crippen LogP contribution in [0, 0.1) is 5.92 Å². The number of rotatable bonds is 4. The van der Waals surface area contributed by atoms with E-state index in [0.29, 0.717) is 38.9 Å². The molecule has 0 aromatic rings. The Bertz CT molecular complexity index is 318. The van der Waals surface area contributed by atoms with Gasteiger partial charge in [-0.2, -0.15) is 0 Å². The summed E-state index contributed by atoms with van der Waals surface area (Å²) in [6.07, 6.45) is 1.64. The summed E-state index contributed by atoms with van der Waals surface area (Å²) < 4.78 is 19.9. The standard InChI is InChI=1S/C15H29FN2O2/c1-14(2,3)20-13(19)18-10-6-12(7-11-18)15(4,16)8-9-17-5/h12,17H,6-11H2,1-5H3. The Morgan fingerprint density at radius 2 is 1.85 bits per heavy atom. The maximum atomic E-state index is 14.6. The Morgan fingerprint density at radius 1 is 1.30 bits per heavy atom. The topological polar surface area (TPSA) is 41.6 Å². The van der Waals surface area contributed by atoms with Crippen LogP contribution in [0.15, 0.2) is 0 Å². The largest absolute Gasteiger partial charge is 0.444 e. The van der Waals surface area contributed by atoms with Crippen molar-refractivity contribution in [3.05, 3.63) is 0 Å². The maximum Gasteiger partial charge on any atom is 0.410 e. The smallest absolute Gasteiger partial charge is 0.410 e. The molecule has 0 aromatic carbocycles. The van der Waals surface area contributed by atoms with Gasteiger partial charge >= 0.3 is 6.09 Å². The van der Waals surface area contributed by atoms with E-state index < -0.39 is 11.3 Å². The van der Waals surface area contributed by atoms with Gasteiger partial charge in [0.05, 0.1) is 0 Å². The fraction of sp³-hybridized carbons (Fsp3) is 0.933. The van der Waals surface area contributed by atoms with Crippen molar-refractivity contribution in [3.63, 3.8) is 0 Å². The van der Waals surface area contributed by atoms with Crippen LogP contribution in [0.4, 0.5) is 9.18 Å². The van der Waals surface area contributed by atoms with Crippen molar-refractivity contribution in [1.82, 2.24) is 10.2 Å². The van der Waals surface area contributed by atoms with E-state index in [1.54, 1.807) is 11.8 Å². The Kier molecular flexibility index (Phi) is 5.80. The molecule has 1 unspecified atom stereocenters. The molecule has 20 heavy (non-hydrogen) atoms. The Morgan fingerprint density at radius 3 is 2.30 bits per heavy atom. The number of alkyl halides is 1. The molecule has 118 valence electrons. The van der Waals surface area contributed by atoms with Crippen molar-refractivity contribution in [1.29, 1.82) is 0 Å². The normalized spacial score (nSPS) is 20.6. The molecule has 0 saturated carbocycles. The summed E-state index contributed by atoms with van der Waals surface area (Å²) in [4.78, 5) is 13.6. The molecule has 1 heterocycles. The van der Waals surface area contributed by atoms with Gasteiger partial charge < -0.3 is 15.0 Å². The summed E-state index contributed by atoms with van der Waals surface area (Å²) in [7, 11) is 1.83. The summed E-state index contributed by atoms with van der Waals surface area (Å²) in [5, 5.41) is 2.99. The molecule has 1 N–H and O–H groups in total. The minimum absolute atomic E-state index is 0.0227. The predicted octanol–water partition coefficient (Wildman–Crippen LogP) is 2.97. The van der Waals surface area contributed by atoms with Crippen LogP contribution in [0.25, 0.3) is 0 Å². The van der Waals surface area contributed by atoms with Gasteiger partial charge in [0, 0.05) is 13.1 Å². The van der Waals surface area contributed by atoms with Crippen LogP contribution >= 0.6 is 0 Å². The van der Waals surface area contributed by atoms with Gasteiger partial charge in [0.2, 0.25) is 0 Å². The zero-order valence-electron chi connectivity index (χ0n) is 13.5. The van der Waals surface area contributed by atoms with E-state index in [2.05, 4.69) is 5.32 Å². The third kappa shape index (κ3) is 5.27. The van der Waals surface area contributed by atoms with Crippen molar-refractivity contribution in [2.75, 3.05) is 26.7 Å². The first-order valence-corrected chi connectivity index (χ1v) is 7.47. The van der Waals surface area contributed by atoms with Gasteiger partial charge in [-0.1, -0.05) is 0 Å². The number of hydrogen-bond donors (Lipinski definition) is 1. The van der Waals surface area contributed by atoms with Gasteiger partial charge in [-0.3, -0.25) is 0 Å². The molecule has 1 fully saturated rings. The molecule has 1 aliphatic heterocycles. The number of ether oxygens (including phenoxy) is 1. The van der Waals surface area contributed by atoms with Crippen LogP contribution in [-0.4, -0.2) is 48.9 Å². The number of carbonyl (C=O) groups is 1. The monoisotopic (exact) mass is 288 g/mol. The first-order valence-electron chi connectivity index (χ1n) is 7.47. The van der Waals surface area contributed by atoms with E-state index in [4.69, 9.17) is 4.74 Å². The minimum Gasteiger partial charge on any atom is -0.444 e. The third-order valence-electron chi connectivity index (χ3n) is 3.86. The summed E-state index contributed by atoms with van der Waals surface area (Å²) in [5.74, 6) is 0.0227. The first-order chi connectivity index (χ1) is 9.15. The fourth-order valence-corrected chi connectivity index (χ4v) is 2.56. The van der Waals surface area contributed by atoms with Gasteiger partial charge in [0.15, 0.2) is 0 Å². The first kappa shape index (κ1) is 17.2. The zero-order chi connectivity index (χ0) is 15.4. The van der Waals surface area contributed by atoms with Crippen LogP contribution in [0.3, 0.4) is 0 Å². The molecule has 1 atom stereocenters. The summed E-state index contributed by atoms with van der Waals surface area (Å²) in [6, 6.07) is 0. The average Bonchev–Trinajstić information content (AvgIpc) is 2.34. The van der Waals surface area contributed by atoms with Gasteiger partial charge in [-0.25, -0.2) is 9.18 Å². The molecule has 0 radical (unpaired) electrons. The summed E-state index contributed by atoms with van der Waals surface area (Å²) >= 11 is 0. The Hall–Kier alpha value is -0.840. The van der Waals surface area contributed by atoms with Crippen molar-refractivity contribution < 1.29 is 13.9 Å². The van der Waals surface area contributed by atoms with E-state index in [1.807, 2.05) is 27.8 Å². The van der Waals surface area contributed by atoms with Crippen molar-refractivity contribution in [3.8, 4) is 0 Å². The maximum absolute atomic E-state index is 14.6. The lowest BCUT2D eigenvalue weighted by Crippen LogP contribution is -2.46.